The van der Waals surface area contributed by atoms with Crippen molar-refractivity contribution in [1.82, 2.24) is 14.9 Å². The van der Waals surface area contributed by atoms with Gasteiger partial charge in [0.25, 0.3) is 5.91 Å². The molecule has 0 saturated carbocycles. The Hall–Kier alpha value is -3.18. The summed E-state index contributed by atoms with van der Waals surface area (Å²) in [4.78, 5) is 24.2. The number of halogens is 3. The van der Waals surface area contributed by atoms with Gasteiger partial charge in [-0.15, -0.1) is 0 Å². The molecule has 2 atom stereocenters. The minimum absolute atomic E-state index is 0.0180. The SMILES string of the molecule is C=CC(=O)NC1C(C)CN(S(=O)(=O)c2ccc(C(=O)NCc3ccc(C(F)(F)F)cc3)cc2)CC1C. The van der Waals surface area contributed by atoms with Crippen LogP contribution in [0.4, 0.5) is 13.2 Å². The summed E-state index contributed by atoms with van der Waals surface area (Å²) in [7, 11) is -3.82. The molecule has 0 radical (unpaired) electrons. The zero-order valence-electron chi connectivity index (χ0n) is 19.9. The van der Waals surface area contributed by atoms with Crippen molar-refractivity contribution in [1.29, 1.82) is 0 Å². The predicted octanol–water partition coefficient (Wildman–Crippen LogP) is 3.58. The van der Waals surface area contributed by atoms with Crippen LogP contribution < -0.4 is 10.6 Å². The van der Waals surface area contributed by atoms with E-state index in [-0.39, 0.29) is 53.9 Å². The lowest BCUT2D eigenvalue weighted by Gasteiger charge is -2.40. The fourth-order valence-corrected chi connectivity index (χ4v) is 5.87. The molecular weight excluding hydrogens is 495 g/mol. The van der Waals surface area contributed by atoms with E-state index in [2.05, 4.69) is 17.2 Å². The molecule has 1 fully saturated rings. The Kier molecular flexibility index (Phi) is 8.25. The van der Waals surface area contributed by atoms with E-state index in [9.17, 15) is 31.2 Å². The largest absolute Gasteiger partial charge is 0.416 e. The minimum atomic E-state index is -4.43. The first kappa shape index (κ1) is 27.4. The molecule has 0 aliphatic carbocycles. The molecule has 194 valence electrons. The maximum absolute atomic E-state index is 13.2. The summed E-state index contributed by atoms with van der Waals surface area (Å²) >= 11 is 0. The van der Waals surface area contributed by atoms with Gasteiger partial charge in [0.1, 0.15) is 0 Å². The molecule has 3 rings (SSSR count). The van der Waals surface area contributed by atoms with E-state index < -0.39 is 27.7 Å². The summed E-state index contributed by atoms with van der Waals surface area (Å²) in [6.45, 7) is 7.66. The van der Waals surface area contributed by atoms with Gasteiger partial charge in [0.2, 0.25) is 15.9 Å². The molecule has 2 aromatic rings. The summed E-state index contributed by atoms with van der Waals surface area (Å²) in [5.74, 6) is -1.03. The topological polar surface area (TPSA) is 95.6 Å². The number of amides is 2. The van der Waals surface area contributed by atoms with Crippen molar-refractivity contribution in [2.75, 3.05) is 13.1 Å². The number of benzene rings is 2. The van der Waals surface area contributed by atoms with Crippen molar-refractivity contribution in [2.45, 2.75) is 37.5 Å². The monoisotopic (exact) mass is 523 g/mol. The standard InChI is InChI=1S/C25H28F3N3O4S/c1-4-22(32)30-23-16(2)14-31(15-17(23)3)36(34,35)21-11-7-19(8-12-21)24(33)29-13-18-5-9-20(10-6-18)25(26,27)28/h4-12,16-17,23H,1,13-15H2,2-3H3,(H,29,33)(H,30,32). The normalized spacial score (nSPS) is 21.0. The number of carbonyl (C=O) groups is 2. The van der Waals surface area contributed by atoms with Gasteiger partial charge in [0.15, 0.2) is 0 Å². The van der Waals surface area contributed by atoms with E-state index in [0.29, 0.717) is 5.56 Å². The van der Waals surface area contributed by atoms with Crippen molar-refractivity contribution in [3.63, 3.8) is 0 Å². The minimum Gasteiger partial charge on any atom is -0.349 e. The summed E-state index contributed by atoms with van der Waals surface area (Å²) in [6, 6.07) is 9.75. The maximum atomic E-state index is 13.2. The second-order valence-corrected chi connectivity index (χ2v) is 10.9. The average molecular weight is 524 g/mol. The Morgan fingerprint density at radius 1 is 1.03 bits per heavy atom. The van der Waals surface area contributed by atoms with Crippen LogP contribution in [0.3, 0.4) is 0 Å². The fraction of sp³-hybridized carbons (Fsp3) is 0.360. The lowest BCUT2D eigenvalue weighted by molar-refractivity contribution is -0.137. The van der Waals surface area contributed by atoms with E-state index in [0.717, 1.165) is 12.1 Å². The molecule has 0 spiro atoms. The maximum Gasteiger partial charge on any atom is 0.416 e. The third-order valence-electron chi connectivity index (χ3n) is 6.19. The molecule has 1 saturated heterocycles. The Bertz CT molecular complexity index is 1200. The van der Waals surface area contributed by atoms with Crippen molar-refractivity contribution in [2.24, 2.45) is 11.8 Å². The molecule has 1 heterocycles. The van der Waals surface area contributed by atoms with Gasteiger partial charge in [-0.1, -0.05) is 32.6 Å². The smallest absolute Gasteiger partial charge is 0.349 e. The summed E-state index contributed by atoms with van der Waals surface area (Å²) < 4.78 is 65.8. The molecule has 2 N–H and O–H groups in total. The van der Waals surface area contributed by atoms with Crippen LogP contribution in [0.5, 0.6) is 0 Å². The first-order valence-corrected chi connectivity index (χ1v) is 12.7. The fourth-order valence-electron chi connectivity index (χ4n) is 4.23. The van der Waals surface area contributed by atoms with Crippen LogP contribution in [0.25, 0.3) is 0 Å². The van der Waals surface area contributed by atoms with Gasteiger partial charge >= 0.3 is 6.18 Å². The molecule has 0 aromatic heterocycles. The molecule has 2 unspecified atom stereocenters. The molecule has 2 amide bonds. The van der Waals surface area contributed by atoms with Gasteiger partial charge in [0.05, 0.1) is 10.5 Å². The van der Waals surface area contributed by atoms with E-state index in [1.54, 1.807) is 0 Å². The highest BCUT2D eigenvalue weighted by Gasteiger charge is 2.38. The molecule has 0 bridgehead atoms. The van der Waals surface area contributed by atoms with E-state index >= 15 is 0 Å². The summed E-state index contributed by atoms with van der Waals surface area (Å²) in [5.41, 5.74) is -0.0659. The number of nitrogens with zero attached hydrogens (tertiary/aromatic N) is 1. The van der Waals surface area contributed by atoms with Gasteiger partial charge in [-0.2, -0.15) is 17.5 Å². The third-order valence-corrected chi connectivity index (χ3v) is 8.04. The predicted molar refractivity (Wildman–Crippen MR) is 128 cm³/mol. The Labute approximate surface area is 208 Å². The number of carbonyl (C=O) groups excluding carboxylic acids is 2. The highest BCUT2D eigenvalue weighted by molar-refractivity contribution is 7.89. The summed E-state index contributed by atoms with van der Waals surface area (Å²) in [6.07, 6.45) is -3.25. The Morgan fingerprint density at radius 3 is 2.08 bits per heavy atom. The van der Waals surface area contributed by atoms with Crippen LogP contribution in [0.2, 0.25) is 0 Å². The molecule has 1 aliphatic rings. The number of hydrogen-bond acceptors (Lipinski definition) is 4. The number of alkyl halides is 3. The third kappa shape index (κ3) is 6.33. The van der Waals surface area contributed by atoms with E-state index in [1.807, 2.05) is 13.8 Å². The molecule has 36 heavy (non-hydrogen) atoms. The number of piperidine rings is 1. The zero-order chi connectivity index (χ0) is 26.7. The zero-order valence-corrected chi connectivity index (χ0v) is 20.7. The molecule has 11 heteroatoms. The van der Waals surface area contributed by atoms with Crippen molar-refractivity contribution in [3.8, 4) is 0 Å². The lowest BCUT2D eigenvalue weighted by Crippen LogP contribution is -2.55. The highest BCUT2D eigenvalue weighted by Crippen LogP contribution is 2.29. The number of sulfonamides is 1. The van der Waals surface area contributed by atoms with Gasteiger partial charge in [-0.05, 0) is 59.9 Å². The Morgan fingerprint density at radius 2 is 1.58 bits per heavy atom. The number of rotatable bonds is 7. The van der Waals surface area contributed by atoms with Crippen LogP contribution in [-0.4, -0.2) is 43.7 Å². The van der Waals surface area contributed by atoms with E-state index in [4.69, 9.17) is 0 Å². The van der Waals surface area contributed by atoms with Gasteiger partial charge in [0, 0.05) is 31.2 Å². The van der Waals surface area contributed by atoms with Crippen molar-refractivity contribution < 1.29 is 31.2 Å². The van der Waals surface area contributed by atoms with Crippen molar-refractivity contribution in [3.05, 3.63) is 77.9 Å². The Balaban J connectivity index is 1.63. The van der Waals surface area contributed by atoms with Gasteiger partial charge < -0.3 is 10.6 Å². The van der Waals surface area contributed by atoms with Crippen LogP contribution >= 0.6 is 0 Å². The van der Waals surface area contributed by atoms with Crippen LogP contribution in [0.1, 0.15) is 35.3 Å². The van der Waals surface area contributed by atoms with Crippen LogP contribution in [0, 0.1) is 11.8 Å². The van der Waals surface area contributed by atoms with E-state index in [1.165, 1.54) is 46.8 Å². The number of hydrogen-bond donors (Lipinski definition) is 2. The highest BCUT2D eigenvalue weighted by atomic mass is 32.2. The second-order valence-electron chi connectivity index (χ2n) is 8.92. The van der Waals surface area contributed by atoms with Gasteiger partial charge in [-0.25, -0.2) is 8.42 Å². The second kappa shape index (κ2) is 10.8. The first-order chi connectivity index (χ1) is 16.8. The van der Waals surface area contributed by atoms with Crippen LogP contribution in [-0.2, 0) is 27.5 Å². The molecule has 7 nitrogen and oxygen atoms in total. The number of nitrogens with one attached hydrogen (secondary N) is 2. The lowest BCUT2D eigenvalue weighted by atomic mass is 9.87. The summed E-state index contributed by atoms with van der Waals surface area (Å²) in [5, 5.41) is 5.47. The van der Waals surface area contributed by atoms with Crippen LogP contribution in [0.15, 0.2) is 66.1 Å². The van der Waals surface area contributed by atoms with Crippen molar-refractivity contribution >= 4 is 21.8 Å². The quantitative estimate of drug-likeness (QED) is 0.543. The molecule has 1 aliphatic heterocycles. The molecular formula is C25H28F3N3O4S. The first-order valence-electron chi connectivity index (χ1n) is 11.3. The molecule has 2 aromatic carbocycles. The van der Waals surface area contributed by atoms with Gasteiger partial charge in [-0.3, -0.25) is 9.59 Å². The average Bonchev–Trinajstić information content (AvgIpc) is 2.84.